The third-order valence-electron chi connectivity index (χ3n) is 5.66. The quantitative estimate of drug-likeness (QED) is 0.116. The number of hydrogen-bond acceptors (Lipinski definition) is 4. The summed E-state index contributed by atoms with van der Waals surface area (Å²) in [6, 6.07) is 9.97. The molecule has 2 atom stereocenters. The van der Waals surface area contributed by atoms with Crippen LogP contribution in [-0.4, -0.2) is 18.6 Å². The number of esters is 1. The molecule has 5 nitrogen and oxygen atoms in total. The summed E-state index contributed by atoms with van der Waals surface area (Å²) in [5.41, 5.74) is 0.192. The van der Waals surface area contributed by atoms with E-state index in [-0.39, 0.29) is 24.3 Å². The number of para-hydroxylation sites is 1. The number of ether oxygens (including phenoxy) is 1. The minimum Gasteiger partial charge on any atom is -0.465 e. The lowest BCUT2D eigenvalue weighted by Gasteiger charge is -2.21. The molecule has 1 N–H and O–H groups in total. The number of benzene rings is 2. The lowest BCUT2D eigenvalue weighted by Crippen LogP contribution is -2.38. The van der Waals surface area contributed by atoms with Gasteiger partial charge in [-0.25, -0.2) is 18.4 Å². The summed E-state index contributed by atoms with van der Waals surface area (Å²) >= 11 is 6.08. The lowest BCUT2D eigenvalue weighted by atomic mass is 10.1. The van der Waals surface area contributed by atoms with Crippen LogP contribution in [0.4, 0.5) is 8.78 Å². The summed E-state index contributed by atoms with van der Waals surface area (Å²) in [4.78, 5) is 12.8. The van der Waals surface area contributed by atoms with Crippen molar-refractivity contribution in [2.45, 2.75) is 83.6 Å². The fourth-order valence-electron chi connectivity index (χ4n) is 3.84. The molecule has 0 aromatic heterocycles. The molecule has 0 aliphatic carbocycles. The van der Waals surface area contributed by atoms with Gasteiger partial charge in [0.1, 0.15) is 23.4 Å². The Balaban J connectivity index is 1.86. The van der Waals surface area contributed by atoms with Crippen molar-refractivity contribution in [3.63, 3.8) is 0 Å². The van der Waals surface area contributed by atoms with Crippen molar-refractivity contribution < 1.29 is 27.4 Å². The van der Waals surface area contributed by atoms with Crippen LogP contribution in [0.25, 0.3) is 0 Å². The maximum atomic E-state index is 13.7. The summed E-state index contributed by atoms with van der Waals surface area (Å²) in [5.74, 6) is -2.03. The molecule has 200 valence electrons. The van der Waals surface area contributed by atoms with Crippen molar-refractivity contribution in [2.24, 2.45) is 0 Å². The third-order valence-corrected chi connectivity index (χ3v) is 7.23. The van der Waals surface area contributed by atoms with Gasteiger partial charge in [-0.2, -0.15) is 0 Å². The van der Waals surface area contributed by atoms with E-state index < -0.39 is 30.5 Å². The average Bonchev–Trinajstić information content (AvgIpc) is 2.81. The van der Waals surface area contributed by atoms with E-state index in [1.165, 1.54) is 38.5 Å². The van der Waals surface area contributed by atoms with E-state index in [1.807, 2.05) is 0 Å². The number of nitrogens with one attached hydrogen (secondary N) is 1. The number of unbranched alkanes of at least 4 members (excludes halogenated alkanes) is 9. The van der Waals surface area contributed by atoms with Crippen LogP contribution in [-0.2, 0) is 20.5 Å². The molecule has 0 saturated heterocycles. The molecule has 36 heavy (non-hydrogen) atoms. The molecule has 0 spiro atoms. The monoisotopic (exact) mass is 543 g/mol. The van der Waals surface area contributed by atoms with E-state index in [0.29, 0.717) is 6.42 Å². The van der Waals surface area contributed by atoms with Gasteiger partial charge in [-0.05, 0) is 42.7 Å². The molecule has 2 aromatic carbocycles. The summed E-state index contributed by atoms with van der Waals surface area (Å²) < 4.78 is 50.9. The van der Waals surface area contributed by atoms with Crippen molar-refractivity contribution in [1.82, 2.24) is 5.09 Å². The summed E-state index contributed by atoms with van der Waals surface area (Å²) in [7, 11) is 0. The van der Waals surface area contributed by atoms with Gasteiger partial charge in [-0.1, -0.05) is 82.9 Å². The molecule has 0 aliphatic rings. The Kier molecular flexibility index (Phi) is 14.1. The fourth-order valence-corrected chi connectivity index (χ4v) is 5.45. The number of rotatable bonds is 18. The van der Waals surface area contributed by atoms with Crippen LogP contribution in [0.1, 0.15) is 76.7 Å². The van der Waals surface area contributed by atoms with Crippen LogP contribution in [0, 0.1) is 11.6 Å². The maximum Gasteiger partial charge on any atom is 0.409 e. The van der Waals surface area contributed by atoms with E-state index in [1.54, 1.807) is 30.3 Å². The van der Waals surface area contributed by atoms with Gasteiger partial charge in [0.2, 0.25) is 0 Å². The Morgan fingerprint density at radius 2 is 1.47 bits per heavy atom. The number of hydrogen-bond donors (Lipinski definition) is 1. The van der Waals surface area contributed by atoms with E-state index in [2.05, 4.69) is 12.0 Å². The molecule has 2 rings (SSSR count). The SMILES string of the molecule is CCCCCCCCCCCCOC(=O)[C@H](Cc1cc(F)cc(F)c1)NP(=O)(Cl)Oc1ccccc1. The summed E-state index contributed by atoms with van der Waals surface area (Å²) in [6.45, 7) is -1.62. The molecule has 0 saturated carbocycles. The molecular formula is C27H37ClF2NO4P. The predicted molar refractivity (Wildman–Crippen MR) is 140 cm³/mol. The van der Waals surface area contributed by atoms with Gasteiger partial charge in [0.05, 0.1) is 6.61 Å². The highest BCUT2D eigenvalue weighted by atomic mass is 35.7. The molecule has 0 heterocycles. The van der Waals surface area contributed by atoms with Gasteiger partial charge in [-0.15, -0.1) is 0 Å². The number of carbonyl (C=O) groups is 1. The van der Waals surface area contributed by atoms with Crippen molar-refractivity contribution >= 4 is 24.1 Å². The molecule has 1 unspecified atom stereocenters. The average molecular weight is 544 g/mol. The molecule has 0 amide bonds. The van der Waals surface area contributed by atoms with E-state index >= 15 is 0 Å². The Morgan fingerprint density at radius 1 is 0.917 bits per heavy atom. The van der Waals surface area contributed by atoms with Crippen LogP contribution < -0.4 is 9.61 Å². The van der Waals surface area contributed by atoms with Crippen molar-refractivity contribution in [1.29, 1.82) is 0 Å². The molecule has 0 bridgehead atoms. The molecule has 0 radical (unpaired) electrons. The van der Waals surface area contributed by atoms with Gasteiger partial charge < -0.3 is 9.26 Å². The predicted octanol–water partition coefficient (Wildman–Crippen LogP) is 8.36. The largest absolute Gasteiger partial charge is 0.465 e. The Morgan fingerprint density at radius 3 is 2.06 bits per heavy atom. The zero-order valence-corrected chi connectivity index (χ0v) is 22.5. The van der Waals surface area contributed by atoms with E-state index in [9.17, 15) is 18.1 Å². The van der Waals surface area contributed by atoms with Gasteiger partial charge in [0.15, 0.2) is 0 Å². The first-order valence-electron chi connectivity index (χ1n) is 12.7. The van der Waals surface area contributed by atoms with Crippen molar-refractivity contribution in [2.75, 3.05) is 6.61 Å². The second-order valence-corrected chi connectivity index (χ2v) is 11.6. The molecule has 0 aliphatic heterocycles. The third kappa shape index (κ3) is 12.8. The van der Waals surface area contributed by atoms with Crippen molar-refractivity contribution in [3.8, 4) is 5.75 Å². The topological polar surface area (TPSA) is 64.6 Å². The van der Waals surface area contributed by atoms with Gasteiger partial charge >= 0.3 is 12.8 Å². The first-order valence-corrected chi connectivity index (χ1v) is 15.3. The lowest BCUT2D eigenvalue weighted by molar-refractivity contribution is -0.145. The summed E-state index contributed by atoms with van der Waals surface area (Å²) in [6.07, 6.45) is 11.3. The number of carbonyl (C=O) groups excluding carboxylic acids is 1. The van der Waals surface area contributed by atoms with Crippen molar-refractivity contribution in [3.05, 3.63) is 65.7 Å². The first-order chi connectivity index (χ1) is 17.3. The van der Waals surface area contributed by atoms with Crippen LogP contribution >= 0.6 is 18.1 Å². The van der Waals surface area contributed by atoms with Gasteiger partial charge in [-0.3, -0.25) is 4.79 Å². The highest BCUT2D eigenvalue weighted by molar-refractivity contribution is 7.84. The minimum atomic E-state index is -4.02. The summed E-state index contributed by atoms with van der Waals surface area (Å²) in [5, 5.41) is 2.50. The maximum absolute atomic E-state index is 13.7. The standard InChI is InChI=1S/C27H37ClF2NO4P/c1-2-3-4-5-6-7-8-9-10-14-17-34-27(32)26(20-22-18-23(29)21-24(30)19-22)31-36(28,33)35-25-15-12-11-13-16-25/h11-13,15-16,18-19,21,26H,2-10,14,17,20H2,1H3,(H,31,33)/t26-,36?/m0/s1. The van der Waals surface area contributed by atoms with Crippen LogP contribution in [0.3, 0.4) is 0 Å². The van der Waals surface area contributed by atoms with E-state index in [4.69, 9.17) is 20.5 Å². The van der Waals surface area contributed by atoms with Crippen LogP contribution in [0.2, 0.25) is 0 Å². The Hall–Kier alpha value is -1.95. The first kappa shape index (κ1) is 30.3. The normalized spacial score (nSPS) is 13.7. The Bertz CT molecular complexity index is 944. The van der Waals surface area contributed by atoms with E-state index in [0.717, 1.165) is 37.5 Å². The van der Waals surface area contributed by atoms with Crippen LogP contribution in [0.15, 0.2) is 48.5 Å². The molecule has 2 aromatic rings. The highest BCUT2D eigenvalue weighted by Gasteiger charge is 2.31. The fraction of sp³-hybridized carbons (Fsp3) is 0.519. The second kappa shape index (κ2) is 16.7. The smallest absolute Gasteiger partial charge is 0.409 e. The van der Waals surface area contributed by atoms with Crippen LogP contribution in [0.5, 0.6) is 5.75 Å². The van der Waals surface area contributed by atoms with Gasteiger partial charge in [0.25, 0.3) is 0 Å². The highest BCUT2D eigenvalue weighted by Crippen LogP contribution is 2.48. The number of halogens is 3. The second-order valence-electron chi connectivity index (χ2n) is 8.90. The molecule has 0 fully saturated rings. The van der Waals surface area contributed by atoms with Gasteiger partial charge in [0, 0.05) is 17.3 Å². The zero-order chi connectivity index (χ0) is 26.2. The minimum absolute atomic E-state index is 0.180. The molecule has 9 heteroatoms. The Labute approximate surface area is 218 Å². The molecular weight excluding hydrogens is 507 g/mol. The zero-order valence-electron chi connectivity index (χ0n) is 20.9.